The van der Waals surface area contributed by atoms with E-state index in [1.54, 1.807) is 42.5 Å². The van der Waals surface area contributed by atoms with Gasteiger partial charge in [-0.3, -0.25) is 14.5 Å². The number of nitrogens with zero attached hydrogens (tertiary/aromatic N) is 5. The predicted molar refractivity (Wildman–Crippen MR) is 133 cm³/mol. The van der Waals surface area contributed by atoms with Crippen molar-refractivity contribution in [1.82, 2.24) is 19.1 Å². The highest BCUT2D eigenvalue weighted by molar-refractivity contribution is 6.30. The molecule has 1 aliphatic rings. The number of rotatable bonds is 8. The summed E-state index contributed by atoms with van der Waals surface area (Å²) in [6.07, 6.45) is 8.21. The van der Waals surface area contributed by atoms with Crippen molar-refractivity contribution in [1.29, 1.82) is 5.26 Å². The summed E-state index contributed by atoms with van der Waals surface area (Å²) < 4.78 is 8.02. The second kappa shape index (κ2) is 11.4. The van der Waals surface area contributed by atoms with Crippen LogP contribution in [0.25, 0.3) is 0 Å². The van der Waals surface area contributed by atoms with Crippen LogP contribution in [0.1, 0.15) is 28.8 Å². The van der Waals surface area contributed by atoms with Gasteiger partial charge in [-0.1, -0.05) is 29.8 Å². The highest BCUT2D eigenvalue weighted by atomic mass is 35.5. The first-order valence-electron chi connectivity index (χ1n) is 11.2. The molecule has 37 heavy (non-hydrogen) atoms. The van der Waals surface area contributed by atoms with Crippen molar-refractivity contribution < 1.29 is 14.6 Å². The zero-order valence-electron chi connectivity index (χ0n) is 19.4. The Kier molecular flexibility index (Phi) is 7.80. The van der Waals surface area contributed by atoms with Crippen LogP contribution in [-0.4, -0.2) is 36.2 Å². The minimum atomic E-state index is -1.11. The molecule has 1 atom stereocenters. The average Bonchev–Trinajstić information content (AvgIpc) is 2.88. The fourth-order valence-corrected chi connectivity index (χ4v) is 3.70. The van der Waals surface area contributed by atoms with E-state index in [0.717, 1.165) is 10.1 Å². The number of aromatic amines is 1. The minimum Gasteiger partial charge on any atom is -0.478 e. The summed E-state index contributed by atoms with van der Waals surface area (Å²) >= 11 is 5.97. The molecule has 1 aromatic carbocycles. The van der Waals surface area contributed by atoms with Crippen LogP contribution in [0.15, 0.2) is 81.3 Å². The number of allylic oxidation sites excluding steroid dienone is 1. The molecule has 12 heteroatoms. The number of carbonyl (C=O) groups is 1. The van der Waals surface area contributed by atoms with Crippen molar-refractivity contribution in [2.45, 2.75) is 32.0 Å². The Morgan fingerprint density at radius 1 is 1.27 bits per heavy atom. The molecule has 2 aromatic heterocycles. The summed E-state index contributed by atoms with van der Waals surface area (Å²) in [6, 6.07) is 9.84. The van der Waals surface area contributed by atoms with Crippen molar-refractivity contribution in [3.8, 4) is 11.8 Å². The predicted octanol–water partition coefficient (Wildman–Crippen LogP) is 2.24. The van der Waals surface area contributed by atoms with Gasteiger partial charge >= 0.3 is 17.3 Å². The molecule has 0 saturated carbocycles. The summed E-state index contributed by atoms with van der Waals surface area (Å²) in [6.45, 7) is 0.0853. The maximum absolute atomic E-state index is 13.2. The number of pyridine rings is 1. The van der Waals surface area contributed by atoms with Crippen LogP contribution in [0.5, 0.6) is 5.75 Å². The van der Waals surface area contributed by atoms with Crippen LogP contribution < -0.4 is 21.7 Å². The highest BCUT2D eigenvalue weighted by Crippen LogP contribution is 2.19. The summed E-state index contributed by atoms with van der Waals surface area (Å²) in [4.78, 5) is 48.0. The van der Waals surface area contributed by atoms with Gasteiger partial charge < -0.3 is 9.84 Å². The minimum absolute atomic E-state index is 0.00413. The first-order valence-corrected chi connectivity index (χ1v) is 11.6. The van der Waals surface area contributed by atoms with Gasteiger partial charge in [0.05, 0.1) is 36.8 Å². The standard InChI is InChI=1S/C25H21ClN6O5/c26-18-4-2-16(3-5-18)15-32-23(30-24(35)31(25(32)36)11-1-10-27)29-19-6-8-20(9-7-19)37-21-12-17(22(33)34)13-28-14-21/h2-6,8-9,12-14,19H,1,7,11,15H2,(H,33,34)(H,29,30,35). The maximum atomic E-state index is 13.2. The summed E-state index contributed by atoms with van der Waals surface area (Å²) in [5.41, 5.74) is -0.378. The van der Waals surface area contributed by atoms with Gasteiger partial charge in [0.1, 0.15) is 11.5 Å². The molecule has 0 aliphatic heterocycles. The fraction of sp³-hybridized carbons (Fsp3) is 0.200. The Hall–Kier alpha value is -4.69. The molecule has 188 valence electrons. The Balaban J connectivity index is 1.62. The van der Waals surface area contributed by atoms with E-state index >= 15 is 0 Å². The molecule has 0 radical (unpaired) electrons. The number of H-pyrrole nitrogens is 1. The highest BCUT2D eigenvalue weighted by Gasteiger charge is 2.14. The lowest BCUT2D eigenvalue weighted by molar-refractivity contribution is 0.0696. The van der Waals surface area contributed by atoms with Gasteiger partial charge in [-0.25, -0.2) is 23.9 Å². The number of benzene rings is 1. The number of hydrogen-bond acceptors (Lipinski definition) is 7. The van der Waals surface area contributed by atoms with Crippen molar-refractivity contribution >= 4 is 17.6 Å². The third kappa shape index (κ3) is 6.31. The van der Waals surface area contributed by atoms with Gasteiger partial charge in [0.25, 0.3) is 0 Å². The molecule has 0 fully saturated rings. The zero-order chi connectivity index (χ0) is 26.4. The van der Waals surface area contributed by atoms with Crippen molar-refractivity contribution in [3.63, 3.8) is 0 Å². The quantitative estimate of drug-likeness (QED) is 0.461. The van der Waals surface area contributed by atoms with Gasteiger partial charge in [0.15, 0.2) is 0 Å². The monoisotopic (exact) mass is 520 g/mol. The number of ether oxygens (including phenoxy) is 1. The number of aromatic nitrogens is 4. The Morgan fingerprint density at radius 2 is 2.05 bits per heavy atom. The third-order valence-electron chi connectivity index (χ3n) is 5.41. The number of aromatic carboxylic acids is 1. The molecule has 2 heterocycles. The second-order valence-corrected chi connectivity index (χ2v) is 8.46. The Bertz CT molecular complexity index is 1610. The molecule has 3 aromatic rings. The summed E-state index contributed by atoms with van der Waals surface area (Å²) in [7, 11) is 0. The Morgan fingerprint density at radius 3 is 2.73 bits per heavy atom. The number of halogens is 1. The van der Waals surface area contributed by atoms with Crippen molar-refractivity contribution in [2.24, 2.45) is 4.99 Å². The lowest BCUT2D eigenvalue weighted by atomic mass is 10.1. The largest absolute Gasteiger partial charge is 0.478 e. The summed E-state index contributed by atoms with van der Waals surface area (Å²) in [5.74, 6) is -0.358. The van der Waals surface area contributed by atoms with E-state index in [2.05, 4.69) is 15.0 Å². The first kappa shape index (κ1) is 25.4. The van der Waals surface area contributed by atoms with Crippen LogP contribution in [-0.2, 0) is 13.1 Å². The maximum Gasteiger partial charge on any atom is 0.337 e. The van der Waals surface area contributed by atoms with E-state index in [1.807, 2.05) is 6.07 Å². The molecule has 0 bridgehead atoms. The molecule has 11 nitrogen and oxygen atoms in total. The van der Waals surface area contributed by atoms with Crippen LogP contribution in [0, 0.1) is 11.3 Å². The van der Waals surface area contributed by atoms with Crippen molar-refractivity contribution in [3.05, 3.63) is 109 Å². The molecule has 0 spiro atoms. The fourth-order valence-electron chi connectivity index (χ4n) is 3.58. The van der Waals surface area contributed by atoms with Gasteiger partial charge in [0, 0.05) is 17.8 Å². The average molecular weight is 521 g/mol. The van der Waals surface area contributed by atoms with E-state index in [0.29, 0.717) is 17.2 Å². The Labute approximate surface area is 214 Å². The molecule has 0 amide bonds. The molecule has 0 saturated heterocycles. The SMILES string of the molecule is N#CCCn1c(=O)[nH]/c(=N\C2C=CC(Oc3cncc(C(=O)O)c3)=CC2)n(Cc2ccc(Cl)cc2)c1=O. The third-order valence-corrected chi connectivity index (χ3v) is 5.66. The normalized spacial score (nSPS) is 15.2. The van der Waals surface area contributed by atoms with Crippen molar-refractivity contribution in [2.75, 3.05) is 0 Å². The molecular formula is C25H21ClN6O5. The lowest BCUT2D eigenvalue weighted by Crippen LogP contribution is -2.50. The zero-order valence-corrected chi connectivity index (χ0v) is 20.1. The number of hydrogen-bond donors (Lipinski definition) is 2. The van der Waals surface area contributed by atoms with Gasteiger partial charge in [0.2, 0.25) is 5.62 Å². The smallest absolute Gasteiger partial charge is 0.337 e. The van der Waals surface area contributed by atoms with E-state index < -0.39 is 23.4 Å². The molecule has 2 N–H and O–H groups in total. The van der Waals surface area contributed by atoms with Crippen LogP contribution in [0.4, 0.5) is 0 Å². The van der Waals surface area contributed by atoms with E-state index in [9.17, 15) is 14.4 Å². The van der Waals surface area contributed by atoms with E-state index in [-0.39, 0.29) is 36.4 Å². The van der Waals surface area contributed by atoms with Crippen LogP contribution >= 0.6 is 11.6 Å². The van der Waals surface area contributed by atoms with Gasteiger partial charge in [-0.05, 0) is 42.3 Å². The molecule has 4 rings (SSSR count). The number of carboxylic acid groups (broad SMARTS) is 1. The van der Waals surface area contributed by atoms with Crippen LogP contribution in [0.2, 0.25) is 5.02 Å². The molecule has 1 aliphatic carbocycles. The topological polar surface area (TPSA) is 155 Å². The molecule has 1 unspecified atom stereocenters. The van der Waals surface area contributed by atoms with Gasteiger partial charge in [-0.15, -0.1) is 0 Å². The van der Waals surface area contributed by atoms with E-state index in [1.165, 1.54) is 23.0 Å². The first-order chi connectivity index (χ1) is 17.8. The second-order valence-electron chi connectivity index (χ2n) is 8.02. The number of nitrogens with one attached hydrogen (secondary N) is 1. The van der Waals surface area contributed by atoms with Gasteiger partial charge in [-0.2, -0.15) is 5.26 Å². The number of carboxylic acids is 1. The van der Waals surface area contributed by atoms with Crippen LogP contribution in [0.3, 0.4) is 0 Å². The van der Waals surface area contributed by atoms with E-state index in [4.69, 9.17) is 26.7 Å². The molecular weight excluding hydrogens is 500 g/mol. The lowest BCUT2D eigenvalue weighted by Gasteiger charge is -2.15. The number of nitriles is 1. The summed E-state index contributed by atoms with van der Waals surface area (Å²) in [5, 5.41) is 18.6.